The number of nitrogens with zero attached hydrogens (tertiary/aromatic N) is 2. The number of aromatic nitrogens is 1. The van der Waals surface area contributed by atoms with Crippen molar-refractivity contribution in [2.24, 2.45) is 5.92 Å². The van der Waals surface area contributed by atoms with Gasteiger partial charge in [-0.1, -0.05) is 6.42 Å². The van der Waals surface area contributed by atoms with Crippen LogP contribution in [0.15, 0.2) is 5.38 Å². The highest BCUT2D eigenvalue weighted by Crippen LogP contribution is 2.31. The number of piperidine rings is 1. The van der Waals surface area contributed by atoms with Gasteiger partial charge in [-0.05, 0) is 38.5 Å². The summed E-state index contributed by atoms with van der Waals surface area (Å²) >= 11 is 1.72. The van der Waals surface area contributed by atoms with E-state index in [9.17, 15) is 9.59 Å². The Morgan fingerprint density at radius 1 is 1.19 bits per heavy atom. The van der Waals surface area contributed by atoms with Gasteiger partial charge in [-0.25, -0.2) is 4.98 Å². The average Bonchev–Trinajstić information content (AvgIpc) is 3.32. The molecular weight excluding hydrogens is 362 g/mol. The summed E-state index contributed by atoms with van der Waals surface area (Å²) in [7, 11) is 0. The van der Waals surface area contributed by atoms with E-state index in [0.29, 0.717) is 12.5 Å². The van der Waals surface area contributed by atoms with Crippen molar-refractivity contribution in [3.63, 3.8) is 0 Å². The Bertz CT molecular complexity index is 659. The summed E-state index contributed by atoms with van der Waals surface area (Å²) in [4.78, 5) is 31.1. The minimum Gasteiger partial charge on any atom is -0.368 e. The van der Waals surface area contributed by atoms with Crippen molar-refractivity contribution < 1.29 is 14.3 Å². The number of carbonyl (C=O) groups excluding carboxylic acids is 2. The minimum atomic E-state index is -0.205. The van der Waals surface area contributed by atoms with E-state index < -0.39 is 0 Å². The molecule has 0 spiro atoms. The lowest BCUT2D eigenvalue weighted by Crippen LogP contribution is -2.43. The van der Waals surface area contributed by atoms with E-state index in [1.807, 2.05) is 4.90 Å². The van der Waals surface area contributed by atoms with Crippen molar-refractivity contribution in [1.82, 2.24) is 15.2 Å². The Hall–Kier alpha value is -1.47. The molecule has 2 aliphatic heterocycles. The first-order valence-corrected chi connectivity index (χ1v) is 11.2. The van der Waals surface area contributed by atoms with Crippen LogP contribution in [0, 0.1) is 5.92 Å². The van der Waals surface area contributed by atoms with Crippen LogP contribution in [0.1, 0.15) is 61.6 Å². The van der Waals surface area contributed by atoms with E-state index in [2.05, 4.69) is 10.7 Å². The molecule has 1 aliphatic carbocycles. The number of hydrogen-bond donors (Lipinski definition) is 1. The van der Waals surface area contributed by atoms with Gasteiger partial charge < -0.3 is 15.0 Å². The van der Waals surface area contributed by atoms with E-state index >= 15 is 0 Å². The molecule has 3 fully saturated rings. The minimum absolute atomic E-state index is 0.174. The van der Waals surface area contributed by atoms with Crippen LogP contribution in [0.25, 0.3) is 0 Å². The van der Waals surface area contributed by atoms with Crippen molar-refractivity contribution >= 4 is 23.2 Å². The lowest BCUT2D eigenvalue weighted by molar-refractivity contribution is -0.142. The molecule has 2 saturated heterocycles. The van der Waals surface area contributed by atoms with Crippen LogP contribution in [-0.4, -0.2) is 54.0 Å². The normalized spacial score (nSPS) is 24.0. The summed E-state index contributed by atoms with van der Waals surface area (Å²) in [6.07, 6.45) is 7.68. The Kier molecular flexibility index (Phi) is 6.08. The highest BCUT2D eigenvalue weighted by atomic mass is 32.1. The molecule has 6 nitrogen and oxygen atoms in total. The molecule has 0 radical (unpaired) electrons. The maximum absolute atomic E-state index is 12.4. The maximum Gasteiger partial charge on any atom is 0.251 e. The van der Waals surface area contributed by atoms with Gasteiger partial charge >= 0.3 is 0 Å². The third kappa shape index (κ3) is 4.51. The number of carbonyl (C=O) groups is 2. The first-order chi connectivity index (χ1) is 13.2. The summed E-state index contributed by atoms with van der Waals surface area (Å²) in [5.74, 6) is 1.08. The van der Waals surface area contributed by atoms with E-state index in [0.717, 1.165) is 70.3 Å². The van der Waals surface area contributed by atoms with E-state index in [1.54, 1.807) is 11.3 Å². The Morgan fingerprint density at radius 2 is 2.00 bits per heavy atom. The first-order valence-electron chi connectivity index (χ1n) is 10.3. The molecule has 3 aliphatic rings. The van der Waals surface area contributed by atoms with E-state index in [-0.39, 0.29) is 23.8 Å². The first kappa shape index (κ1) is 18.9. The number of hydrogen-bond acceptors (Lipinski definition) is 5. The quantitative estimate of drug-likeness (QED) is 0.809. The number of thiazole rings is 1. The fourth-order valence-electron chi connectivity index (χ4n) is 4.08. The van der Waals surface area contributed by atoms with Gasteiger partial charge in [-0.2, -0.15) is 0 Å². The molecule has 1 aromatic rings. The zero-order valence-corrected chi connectivity index (χ0v) is 16.6. The van der Waals surface area contributed by atoms with Gasteiger partial charge in [0.2, 0.25) is 5.91 Å². The molecule has 0 bridgehead atoms. The van der Waals surface area contributed by atoms with Crippen LogP contribution >= 0.6 is 11.3 Å². The van der Waals surface area contributed by atoms with Crippen LogP contribution in [-0.2, 0) is 20.7 Å². The standard InChI is InChI=1S/C20H29N3O3S/c24-18(14-3-1-4-14)21-9-6-16-13-27-19(22-16)15-7-10-23(11-8-15)20(25)17-5-2-12-26-17/h13-15,17H,1-12H2,(H,21,24)/t17-/m1/s1. The molecule has 1 saturated carbocycles. The van der Waals surface area contributed by atoms with E-state index in [4.69, 9.17) is 9.72 Å². The molecule has 4 rings (SSSR count). The zero-order chi connectivity index (χ0) is 18.6. The summed E-state index contributed by atoms with van der Waals surface area (Å²) in [6, 6.07) is 0. The van der Waals surface area contributed by atoms with Gasteiger partial charge in [-0.15, -0.1) is 11.3 Å². The molecule has 1 N–H and O–H groups in total. The number of ether oxygens (including phenoxy) is 1. The van der Waals surface area contributed by atoms with Crippen LogP contribution in [0.4, 0.5) is 0 Å². The van der Waals surface area contributed by atoms with Gasteiger partial charge in [0.1, 0.15) is 6.10 Å². The third-order valence-electron chi connectivity index (χ3n) is 6.09. The molecule has 1 atom stereocenters. The lowest BCUT2D eigenvalue weighted by Gasteiger charge is -2.32. The Morgan fingerprint density at radius 3 is 2.67 bits per heavy atom. The number of rotatable bonds is 6. The van der Waals surface area contributed by atoms with Crippen molar-refractivity contribution in [3.05, 3.63) is 16.1 Å². The fraction of sp³-hybridized carbons (Fsp3) is 0.750. The highest BCUT2D eigenvalue weighted by molar-refractivity contribution is 7.09. The molecule has 3 heterocycles. The Labute approximate surface area is 164 Å². The Balaban J connectivity index is 1.21. The topological polar surface area (TPSA) is 71.5 Å². The monoisotopic (exact) mass is 391 g/mol. The molecular formula is C20H29N3O3S. The van der Waals surface area contributed by atoms with Crippen LogP contribution in [0.2, 0.25) is 0 Å². The van der Waals surface area contributed by atoms with Gasteiger partial charge in [0.25, 0.3) is 5.91 Å². The summed E-state index contributed by atoms with van der Waals surface area (Å²) in [5.41, 5.74) is 1.07. The average molecular weight is 392 g/mol. The van der Waals surface area contributed by atoms with Crippen LogP contribution in [0.3, 0.4) is 0 Å². The van der Waals surface area contributed by atoms with E-state index in [1.165, 1.54) is 11.4 Å². The van der Waals surface area contributed by atoms with Crippen molar-refractivity contribution in [3.8, 4) is 0 Å². The molecule has 1 aromatic heterocycles. The number of nitrogens with one attached hydrogen (secondary N) is 1. The van der Waals surface area contributed by atoms with Gasteiger partial charge in [-0.3, -0.25) is 9.59 Å². The summed E-state index contributed by atoms with van der Waals surface area (Å²) in [6.45, 7) is 2.99. The predicted molar refractivity (Wildman–Crippen MR) is 104 cm³/mol. The molecule has 0 unspecified atom stereocenters. The van der Waals surface area contributed by atoms with Crippen LogP contribution < -0.4 is 5.32 Å². The lowest BCUT2D eigenvalue weighted by atomic mass is 9.85. The second-order valence-corrected chi connectivity index (χ2v) is 8.84. The van der Waals surface area contributed by atoms with Gasteiger partial charge in [0.05, 0.1) is 10.7 Å². The smallest absolute Gasteiger partial charge is 0.251 e. The molecule has 0 aromatic carbocycles. The maximum atomic E-state index is 12.4. The number of likely N-dealkylation sites (tertiary alicyclic amines) is 1. The van der Waals surface area contributed by atoms with Crippen molar-refractivity contribution in [2.75, 3.05) is 26.2 Å². The van der Waals surface area contributed by atoms with Gasteiger partial charge in [0.15, 0.2) is 0 Å². The predicted octanol–water partition coefficient (Wildman–Crippen LogP) is 2.49. The summed E-state index contributed by atoms with van der Waals surface area (Å²) in [5, 5.41) is 6.34. The second kappa shape index (κ2) is 8.69. The largest absolute Gasteiger partial charge is 0.368 e. The SMILES string of the molecule is O=C(NCCc1csc(C2CCN(C(=O)[C@H]3CCCO3)CC2)n1)C1CCC1. The fourth-order valence-corrected chi connectivity index (χ4v) is 5.10. The second-order valence-electron chi connectivity index (χ2n) is 7.95. The highest BCUT2D eigenvalue weighted by Gasteiger charge is 2.32. The third-order valence-corrected chi connectivity index (χ3v) is 7.14. The molecule has 7 heteroatoms. The zero-order valence-electron chi connectivity index (χ0n) is 15.8. The molecule has 148 valence electrons. The summed E-state index contributed by atoms with van der Waals surface area (Å²) < 4.78 is 5.53. The van der Waals surface area contributed by atoms with Crippen molar-refractivity contribution in [2.45, 2.75) is 63.4 Å². The number of amides is 2. The van der Waals surface area contributed by atoms with Crippen molar-refractivity contribution in [1.29, 1.82) is 0 Å². The van der Waals surface area contributed by atoms with Gasteiger partial charge in [0, 0.05) is 49.9 Å². The molecule has 27 heavy (non-hydrogen) atoms. The van der Waals surface area contributed by atoms with Crippen LogP contribution in [0.5, 0.6) is 0 Å². The molecule has 2 amide bonds.